The van der Waals surface area contributed by atoms with E-state index in [-0.39, 0.29) is 24.1 Å². The van der Waals surface area contributed by atoms with Crippen molar-refractivity contribution >= 4 is 5.91 Å². The molecular weight excluding hydrogens is 240 g/mol. The van der Waals surface area contributed by atoms with Crippen molar-refractivity contribution in [3.8, 4) is 0 Å². The Balaban J connectivity index is 1.84. The molecule has 4 heteroatoms. The number of carbonyl (C=O) groups excluding carboxylic acids is 1. The molecule has 5 atom stereocenters. The number of hydrogen-bond donors (Lipinski definition) is 2. The molecule has 1 amide bonds. The SMILES string of the molecule is CCCC(C)NC(=O)C(C)N1CC2CCC(O)C2C1. The molecule has 1 saturated heterocycles. The van der Waals surface area contributed by atoms with Gasteiger partial charge < -0.3 is 10.4 Å². The zero-order valence-corrected chi connectivity index (χ0v) is 12.4. The highest BCUT2D eigenvalue weighted by atomic mass is 16.3. The van der Waals surface area contributed by atoms with Gasteiger partial charge in [-0.2, -0.15) is 0 Å². The second kappa shape index (κ2) is 6.23. The van der Waals surface area contributed by atoms with Crippen LogP contribution in [0.3, 0.4) is 0 Å². The summed E-state index contributed by atoms with van der Waals surface area (Å²) in [6.07, 6.45) is 4.03. The van der Waals surface area contributed by atoms with Crippen LogP contribution in [0.1, 0.15) is 46.5 Å². The molecule has 1 heterocycles. The smallest absolute Gasteiger partial charge is 0.237 e. The number of fused-ring (bicyclic) bond motifs is 1. The molecule has 1 saturated carbocycles. The number of aliphatic hydroxyl groups excluding tert-OH is 1. The monoisotopic (exact) mass is 268 g/mol. The summed E-state index contributed by atoms with van der Waals surface area (Å²) in [5.41, 5.74) is 0. The summed E-state index contributed by atoms with van der Waals surface area (Å²) in [6, 6.07) is 0.185. The van der Waals surface area contributed by atoms with Crippen LogP contribution < -0.4 is 5.32 Å². The van der Waals surface area contributed by atoms with Crippen LogP contribution in [0.4, 0.5) is 0 Å². The van der Waals surface area contributed by atoms with Gasteiger partial charge in [0.1, 0.15) is 0 Å². The van der Waals surface area contributed by atoms with E-state index in [1.165, 1.54) is 0 Å². The van der Waals surface area contributed by atoms with E-state index in [4.69, 9.17) is 0 Å². The minimum absolute atomic E-state index is 0.0721. The largest absolute Gasteiger partial charge is 0.393 e. The molecule has 2 aliphatic rings. The van der Waals surface area contributed by atoms with Crippen molar-refractivity contribution in [3.63, 3.8) is 0 Å². The molecule has 0 aromatic rings. The van der Waals surface area contributed by atoms with Crippen molar-refractivity contribution in [1.82, 2.24) is 10.2 Å². The lowest BCUT2D eigenvalue weighted by molar-refractivity contribution is -0.126. The Labute approximate surface area is 116 Å². The van der Waals surface area contributed by atoms with E-state index >= 15 is 0 Å². The van der Waals surface area contributed by atoms with Gasteiger partial charge in [-0.15, -0.1) is 0 Å². The van der Waals surface area contributed by atoms with Gasteiger partial charge in [0.25, 0.3) is 0 Å². The normalized spacial score (nSPS) is 34.0. The van der Waals surface area contributed by atoms with E-state index in [9.17, 15) is 9.90 Å². The van der Waals surface area contributed by atoms with Gasteiger partial charge in [-0.3, -0.25) is 9.69 Å². The first kappa shape index (κ1) is 14.8. The van der Waals surface area contributed by atoms with Gasteiger partial charge in [-0.1, -0.05) is 13.3 Å². The molecule has 0 radical (unpaired) electrons. The summed E-state index contributed by atoms with van der Waals surface area (Å²) in [6.45, 7) is 8.04. The number of aliphatic hydroxyl groups is 1. The summed E-state index contributed by atoms with van der Waals surface area (Å²) < 4.78 is 0. The molecule has 4 nitrogen and oxygen atoms in total. The number of nitrogens with zero attached hydrogens (tertiary/aromatic N) is 1. The van der Waals surface area contributed by atoms with Crippen LogP contribution in [0, 0.1) is 11.8 Å². The second-order valence-corrected chi connectivity index (χ2v) is 6.40. The van der Waals surface area contributed by atoms with Crippen molar-refractivity contribution in [2.24, 2.45) is 11.8 Å². The van der Waals surface area contributed by atoms with E-state index in [0.717, 1.165) is 38.8 Å². The highest BCUT2D eigenvalue weighted by Crippen LogP contribution is 2.38. The Kier molecular flexibility index (Phi) is 4.85. The average Bonchev–Trinajstić information content (AvgIpc) is 2.91. The number of hydrogen-bond acceptors (Lipinski definition) is 3. The maximum atomic E-state index is 12.2. The van der Waals surface area contributed by atoms with Gasteiger partial charge >= 0.3 is 0 Å². The molecule has 5 unspecified atom stereocenters. The van der Waals surface area contributed by atoms with E-state index in [1.54, 1.807) is 0 Å². The Hall–Kier alpha value is -0.610. The minimum atomic E-state index is -0.149. The third-order valence-electron chi connectivity index (χ3n) is 4.88. The van der Waals surface area contributed by atoms with Gasteiger partial charge in [-0.25, -0.2) is 0 Å². The van der Waals surface area contributed by atoms with Gasteiger partial charge in [0.2, 0.25) is 5.91 Å². The maximum Gasteiger partial charge on any atom is 0.237 e. The number of amides is 1. The minimum Gasteiger partial charge on any atom is -0.393 e. The molecule has 2 rings (SSSR count). The zero-order valence-electron chi connectivity index (χ0n) is 12.4. The predicted molar refractivity (Wildman–Crippen MR) is 75.8 cm³/mol. The van der Waals surface area contributed by atoms with E-state index in [2.05, 4.69) is 24.1 Å². The standard InChI is InChI=1S/C15H28N2O2/c1-4-5-10(2)16-15(19)11(3)17-8-12-6-7-14(18)13(12)9-17/h10-14,18H,4-9H2,1-3H3,(H,16,19). The van der Waals surface area contributed by atoms with Crippen molar-refractivity contribution in [2.45, 2.75) is 64.6 Å². The number of nitrogens with one attached hydrogen (secondary N) is 1. The fourth-order valence-electron chi connectivity index (χ4n) is 3.62. The fourth-order valence-corrected chi connectivity index (χ4v) is 3.62. The van der Waals surface area contributed by atoms with Crippen LogP contribution in [0.15, 0.2) is 0 Å². The molecule has 0 aromatic carbocycles. The van der Waals surface area contributed by atoms with Crippen LogP contribution >= 0.6 is 0 Å². The van der Waals surface area contributed by atoms with Crippen molar-refractivity contribution < 1.29 is 9.90 Å². The lowest BCUT2D eigenvalue weighted by Crippen LogP contribution is -2.47. The number of rotatable bonds is 5. The van der Waals surface area contributed by atoms with E-state index in [0.29, 0.717) is 11.8 Å². The highest BCUT2D eigenvalue weighted by molar-refractivity contribution is 5.81. The molecule has 0 aromatic heterocycles. The fraction of sp³-hybridized carbons (Fsp3) is 0.933. The van der Waals surface area contributed by atoms with Gasteiger partial charge in [0, 0.05) is 25.0 Å². The van der Waals surface area contributed by atoms with Crippen LogP contribution in [0.5, 0.6) is 0 Å². The molecule has 2 N–H and O–H groups in total. The first-order valence-corrected chi connectivity index (χ1v) is 7.75. The third kappa shape index (κ3) is 3.29. The summed E-state index contributed by atoms with van der Waals surface area (Å²) in [5.74, 6) is 1.12. The van der Waals surface area contributed by atoms with Crippen LogP contribution in [0.25, 0.3) is 0 Å². The highest BCUT2D eigenvalue weighted by Gasteiger charge is 2.43. The molecule has 2 fully saturated rings. The molecule has 1 aliphatic heterocycles. The molecule has 1 aliphatic carbocycles. The van der Waals surface area contributed by atoms with E-state index < -0.39 is 0 Å². The lowest BCUT2D eigenvalue weighted by atomic mass is 10.00. The first-order valence-electron chi connectivity index (χ1n) is 7.75. The average molecular weight is 268 g/mol. The Morgan fingerprint density at radius 1 is 1.37 bits per heavy atom. The topological polar surface area (TPSA) is 52.6 Å². The molecule has 19 heavy (non-hydrogen) atoms. The van der Waals surface area contributed by atoms with Crippen LogP contribution in [0.2, 0.25) is 0 Å². The van der Waals surface area contributed by atoms with Crippen LogP contribution in [-0.2, 0) is 4.79 Å². The molecular formula is C15H28N2O2. The number of carbonyl (C=O) groups is 1. The van der Waals surface area contributed by atoms with Gasteiger partial charge in [0.05, 0.1) is 12.1 Å². The van der Waals surface area contributed by atoms with Crippen molar-refractivity contribution in [2.75, 3.05) is 13.1 Å². The zero-order chi connectivity index (χ0) is 14.0. The molecule has 110 valence electrons. The predicted octanol–water partition coefficient (Wildman–Crippen LogP) is 1.38. The summed E-state index contributed by atoms with van der Waals surface area (Å²) in [5, 5.41) is 13.0. The maximum absolute atomic E-state index is 12.2. The summed E-state index contributed by atoms with van der Waals surface area (Å²) >= 11 is 0. The molecule has 0 bridgehead atoms. The van der Waals surface area contributed by atoms with Gasteiger partial charge in [-0.05, 0) is 39.0 Å². The molecule has 0 spiro atoms. The van der Waals surface area contributed by atoms with Gasteiger partial charge in [0.15, 0.2) is 0 Å². The number of likely N-dealkylation sites (tertiary alicyclic amines) is 1. The van der Waals surface area contributed by atoms with E-state index in [1.807, 2.05) is 6.92 Å². The van der Waals surface area contributed by atoms with Crippen molar-refractivity contribution in [1.29, 1.82) is 0 Å². The second-order valence-electron chi connectivity index (χ2n) is 6.40. The summed E-state index contributed by atoms with van der Waals surface area (Å²) in [7, 11) is 0. The Morgan fingerprint density at radius 3 is 2.74 bits per heavy atom. The van der Waals surface area contributed by atoms with Crippen molar-refractivity contribution in [3.05, 3.63) is 0 Å². The quantitative estimate of drug-likeness (QED) is 0.792. The summed E-state index contributed by atoms with van der Waals surface area (Å²) in [4.78, 5) is 14.4. The van der Waals surface area contributed by atoms with Crippen LogP contribution in [-0.4, -0.2) is 47.2 Å². The Bertz CT molecular complexity index is 321. The third-order valence-corrected chi connectivity index (χ3v) is 4.88. The Morgan fingerprint density at radius 2 is 2.11 bits per heavy atom. The first-order chi connectivity index (χ1) is 9.02. The lowest BCUT2D eigenvalue weighted by Gasteiger charge is -2.26.